The average molecular weight is 320 g/mol. The largest absolute Gasteiger partial charge is 0.261 e. The number of nitrogens with one attached hydrogen (secondary N) is 1. The molecule has 0 fully saturated rings. The topological polar surface area (TPSA) is 68.0 Å². The number of hydrogen-bond acceptors (Lipinski definition) is 5. The Morgan fingerprint density at radius 1 is 1.04 bits per heavy atom. The van der Waals surface area contributed by atoms with Crippen molar-refractivity contribution >= 4 is 11.5 Å². The molecular formula is C18H20N6. The van der Waals surface area contributed by atoms with Crippen LogP contribution >= 0.6 is 0 Å². The van der Waals surface area contributed by atoms with Crippen molar-refractivity contribution in [3.8, 4) is 5.82 Å². The molecule has 6 heteroatoms. The van der Waals surface area contributed by atoms with Crippen molar-refractivity contribution in [2.75, 3.05) is 5.43 Å². The van der Waals surface area contributed by atoms with Gasteiger partial charge in [0.15, 0.2) is 11.6 Å². The Morgan fingerprint density at radius 2 is 1.79 bits per heavy atom. The molecule has 3 aromatic rings. The lowest BCUT2D eigenvalue weighted by atomic mass is 10.1. The second-order valence-electron chi connectivity index (χ2n) is 5.67. The molecule has 2 aromatic heterocycles. The lowest BCUT2D eigenvalue weighted by molar-refractivity contribution is 0.793. The third-order valence-corrected chi connectivity index (χ3v) is 3.58. The SMILES string of the molecule is C/C(=N\Nc1cc(-n2nc(C)cc2C)nc(C)n1)c1ccccc1. The molecular weight excluding hydrogens is 300 g/mol. The number of aromatic nitrogens is 4. The van der Waals surface area contributed by atoms with Gasteiger partial charge in [-0.1, -0.05) is 30.3 Å². The van der Waals surface area contributed by atoms with Crippen LogP contribution in [0.1, 0.15) is 29.7 Å². The van der Waals surface area contributed by atoms with Crippen molar-refractivity contribution in [3.63, 3.8) is 0 Å². The van der Waals surface area contributed by atoms with Crippen LogP contribution in [-0.4, -0.2) is 25.5 Å². The molecule has 0 bridgehead atoms. The summed E-state index contributed by atoms with van der Waals surface area (Å²) in [5.41, 5.74) is 6.95. The molecule has 0 saturated heterocycles. The molecule has 3 rings (SSSR count). The van der Waals surface area contributed by atoms with E-state index in [1.165, 1.54) is 0 Å². The molecule has 1 aromatic carbocycles. The Bertz CT molecular complexity index is 880. The van der Waals surface area contributed by atoms with Crippen LogP contribution in [0.4, 0.5) is 5.82 Å². The van der Waals surface area contributed by atoms with Crippen molar-refractivity contribution in [2.45, 2.75) is 27.7 Å². The van der Waals surface area contributed by atoms with Crippen LogP contribution in [0.2, 0.25) is 0 Å². The number of hydrogen-bond donors (Lipinski definition) is 1. The summed E-state index contributed by atoms with van der Waals surface area (Å²) in [6, 6.07) is 13.9. The monoisotopic (exact) mass is 320 g/mol. The van der Waals surface area contributed by atoms with Crippen molar-refractivity contribution in [1.29, 1.82) is 0 Å². The summed E-state index contributed by atoms with van der Waals surface area (Å²) in [5, 5.41) is 8.88. The molecule has 0 radical (unpaired) electrons. The van der Waals surface area contributed by atoms with E-state index < -0.39 is 0 Å². The zero-order valence-corrected chi connectivity index (χ0v) is 14.3. The summed E-state index contributed by atoms with van der Waals surface area (Å²) in [4.78, 5) is 8.86. The molecule has 122 valence electrons. The predicted octanol–water partition coefficient (Wildman–Crippen LogP) is 3.42. The van der Waals surface area contributed by atoms with Crippen molar-refractivity contribution in [1.82, 2.24) is 19.7 Å². The van der Waals surface area contributed by atoms with Gasteiger partial charge in [0.05, 0.1) is 11.4 Å². The van der Waals surface area contributed by atoms with Gasteiger partial charge in [-0.15, -0.1) is 0 Å². The highest BCUT2D eigenvalue weighted by molar-refractivity contribution is 5.98. The van der Waals surface area contributed by atoms with E-state index >= 15 is 0 Å². The van der Waals surface area contributed by atoms with E-state index in [0.29, 0.717) is 11.6 Å². The van der Waals surface area contributed by atoms with Crippen LogP contribution in [0.3, 0.4) is 0 Å². The van der Waals surface area contributed by atoms with Crippen LogP contribution in [-0.2, 0) is 0 Å². The molecule has 0 unspecified atom stereocenters. The van der Waals surface area contributed by atoms with Gasteiger partial charge in [0.2, 0.25) is 0 Å². The smallest absolute Gasteiger partial charge is 0.159 e. The first-order valence-electron chi connectivity index (χ1n) is 7.78. The Labute approximate surface area is 141 Å². The minimum atomic E-state index is 0.639. The molecule has 0 aliphatic heterocycles. The van der Waals surface area contributed by atoms with E-state index in [9.17, 15) is 0 Å². The van der Waals surface area contributed by atoms with E-state index in [1.807, 2.05) is 74.8 Å². The highest BCUT2D eigenvalue weighted by atomic mass is 15.3. The average Bonchev–Trinajstić information content (AvgIpc) is 2.91. The van der Waals surface area contributed by atoms with Crippen molar-refractivity contribution in [2.24, 2.45) is 5.10 Å². The first-order valence-corrected chi connectivity index (χ1v) is 7.78. The molecule has 0 amide bonds. The Morgan fingerprint density at radius 3 is 2.46 bits per heavy atom. The molecule has 2 heterocycles. The first kappa shape index (κ1) is 15.9. The molecule has 0 spiro atoms. The molecule has 6 nitrogen and oxygen atoms in total. The summed E-state index contributed by atoms with van der Waals surface area (Å²) in [7, 11) is 0. The maximum absolute atomic E-state index is 4.47. The highest BCUT2D eigenvalue weighted by Crippen LogP contribution is 2.14. The molecule has 0 saturated carbocycles. The van der Waals surface area contributed by atoms with Gasteiger partial charge in [0.25, 0.3) is 0 Å². The van der Waals surface area contributed by atoms with Gasteiger partial charge in [-0.3, -0.25) is 5.43 Å². The first-order chi connectivity index (χ1) is 11.5. The zero-order valence-electron chi connectivity index (χ0n) is 14.3. The van der Waals surface area contributed by atoms with Gasteiger partial charge in [-0.2, -0.15) is 10.2 Å². The maximum atomic E-state index is 4.47. The van der Waals surface area contributed by atoms with Crippen LogP contribution in [0.5, 0.6) is 0 Å². The van der Waals surface area contributed by atoms with Gasteiger partial charge in [-0.05, 0) is 39.3 Å². The number of aryl methyl sites for hydroxylation is 3. The number of benzene rings is 1. The van der Waals surface area contributed by atoms with Crippen LogP contribution in [0.15, 0.2) is 47.6 Å². The number of nitrogens with zero attached hydrogens (tertiary/aromatic N) is 5. The summed E-state index contributed by atoms with van der Waals surface area (Å²) in [6.07, 6.45) is 0. The fourth-order valence-corrected chi connectivity index (χ4v) is 2.46. The maximum Gasteiger partial charge on any atom is 0.159 e. The van der Waals surface area contributed by atoms with Crippen molar-refractivity contribution in [3.05, 3.63) is 65.2 Å². The predicted molar refractivity (Wildman–Crippen MR) is 95.6 cm³/mol. The normalized spacial score (nSPS) is 11.6. The number of hydrazone groups is 1. The Balaban J connectivity index is 1.88. The van der Waals surface area contributed by atoms with Crippen molar-refractivity contribution < 1.29 is 0 Å². The summed E-state index contributed by atoms with van der Waals surface area (Å²) >= 11 is 0. The fraction of sp³-hybridized carbons (Fsp3) is 0.222. The van der Waals surface area contributed by atoms with E-state index in [4.69, 9.17) is 0 Å². The highest BCUT2D eigenvalue weighted by Gasteiger charge is 2.08. The van der Waals surface area contributed by atoms with Gasteiger partial charge in [0.1, 0.15) is 5.82 Å². The molecule has 0 atom stereocenters. The van der Waals surface area contributed by atoms with Crippen LogP contribution in [0, 0.1) is 20.8 Å². The molecule has 1 N–H and O–H groups in total. The Kier molecular flexibility index (Phi) is 4.37. The number of anilines is 1. The second kappa shape index (κ2) is 6.62. The zero-order chi connectivity index (χ0) is 17.1. The van der Waals surface area contributed by atoms with Gasteiger partial charge in [0, 0.05) is 11.8 Å². The number of rotatable bonds is 4. The van der Waals surface area contributed by atoms with E-state index in [0.717, 1.165) is 28.5 Å². The fourth-order valence-electron chi connectivity index (χ4n) is 2.46. The van der Waals surface area contributed by atoms with Gasteiger partial charge < -0.3 is 0 Å². The third kappa shape index (κ3) is 3.48. The molecule has 0 aliphatic carbocycles. The standard InChI is InChI=1S/C18H20N6/c1-12-10-13(2)24(23-12)18-11-17(19-15(4)20-18)22-21-14(3)16-8-6-5-7-9-16/h5-11H,1-4H3,(H,19,20,22)/b21-14+. The second-order valence-corrected chi connectivity index (χ2v) is 5.67. The lowest BCUT2D eigenvalue weighted by Crippen LogP contribution is -2.07. The minimum Gasteiger partial charge on any atom is -0.261 e. The van der Waals surface area contributed by atoms with Gasteiger partial charge in [-0.25, -0.2) is 14.6 Å². The minimum absolute atomic E-state index is 0.639. The lowest BCUT2D eigenvalue weighted by Gasteiger charge is -2.08. The summed E-state index contributed by atoms with van der Waals surface area (Å²) in [6.45, 7) is 7.78. The summed E-state index contributed by atoms with van der Waals surface area (Å²) in [5.74, 6) is 2.03. The van der Waals surface area contributed by atoms with E-state index in [-0.39, 0.29) is 0 Å². The van der Waals surface area contributed by atoms with E-state index in [2.05, 4.69) is 25.6 Å². The third-order valence-electron chi connectivity index (χ3n) is 3.58. The van der Waals surface area contributed by atoms with Gasteiger partial charge >= 0.3 is 0 Å². The van der Waals surface area contributed by atoms with Crippen LogP contribution in [0.25, 0.3) is 5.82 Å². The van der Waals surface area contributed by atoms with Crippen LogP contribution < -0.4 is 5.43 Å². The Hall–Kier alpha value is -3.02. The van der Waals surface area contributed by atoms with E-state index in [1.54, 1.807) is 0 Å². The quantitative estimate of drug-likeness (QED) is 0.591. The molecule has 0 aliphatic rings. The summed E-state index contributed by atoms with van der Waals surface area (Å²) < 4.78 is 1.81. The molecule has 24 heavy (non-hydrogen) atoms.